The van der Waals surface area contributed by atoms with Gasteiger partial charge in [-0.25, -0.2) is 4.79 Å². The second-order valence-corrected chi connectivity index (χ2v) is 7.46. The van der Waals surface area contributed by atoms with Gasteiger partial charge in [-0.3, -0.25) is 4.68 Å². The van der Waals surface area contributed by atoms with E-state index in [1.807, 2.05) is 55.1 Å². The standard InChI is InChI=1S/C20H29N5O3/c1-14(2)21-20(27)22-17-9-8-16(28-19(17)13-26)10-11-25-12-18(23-24-25)15-6-4-3-5-7-15/h3-7,12,14,16-17,19,26H,8-11,13H2,1-2H3,(H2,21,22,27)/t16-,17-,19+/m1/s1. The van der Waals surface area contributed by atoms with E-state index in [2.05, 4.69) is 20.9 Å². The van der Waals surface area contributed by atoms with Gasteiger partial charge in [-0.1, -0.05) is 35.5 Å². The van der Waals surface area contributed by atoms with Crippen molar-refractivity contribution in [1.82, 2.24) is 25.6 Å². The number of carbonyl (C=O) groups excluding carboxylic acids is 1. The van der Waals surface area contributed by atoms with Crippen LogP contribution in [0.4, 0.5) is 4.79 Å². The molecular formula is C20H29N5O3. The van der Waals surface area contributed by atoms with Crippen molar-refractivity contribution >= 4 is 6.03 Å². The SMILES string of the molecule is CC(C)NC(=O)N[C@@H]1CC[C@H](CCn2cc(-c3ccccc3)nn2)O[C@H]1CO. The number of benzene rings is 1. The first kappa shape index (κ1) is 20.3. The largest absolute Gasteiger partial charge is 0.394 e. The molecule has 8 nitrogen and oxygen atoms in total. The van der Waals surface area contributed by atoms with E-state index >= 15 is 0 Å². The Morgan fingerprint density at radius 3 is 2.82 bits per heavy atom. The molecule has 3 N–H and O–H groups in total. The molecule has 1 fully saturated rings. The van der Waals surface area contributed by atoms with E-state index < -0.39 is 6.10 Å². The molecule has 0 spiro atoms. The highest BCUT2D eigenvalue weighted by atomic mass is 16.5. The number of amides is 2. The molecule has 1 aliphatic rings. The van der Waals surface area contributed by atoms with Gasteiger partial charge in [-0.15, -0.1) is 5.10 Å². The number of aromatic nitrogens is 3. The number of rotatable bonds is 7. The Kier molecular flexibility index (Phi) is 7.00. The van der Waals surface area contributed by atoms with Crippen LogP contribution in [0.3, 0.4) is 0 Å². The molecule has 1 aliphatic heterocycles. The molecule has 152 valence electrons. The van der Waals surface area contributed by atoms with Crippen molar-refractivity contribution in [3.8, 4) is 11.3 Å². The Balaban J connectivity index is 1.49. The van der Waals surface area contributed by atoms with Crippen molar-refractivity contribution in [2.75, 3.05) is 6.61 Å². The monoisotopic (exact) mass is 387 g/mol. The number of urea groups is 1. The van der Waals surface area contributed by atoms with Crippen LogP contribution >= 0.6 is 0 Å². The first-order valence-corrected chi connectivity index (χ1v) is 9.84. The Hall–Kier alpha value is -2.45. The molecule has 1 aromatic heterocycles. The Morgan fingerprint density at radius 1 is 1.32 bits per heavy atom. The smallest absolute Gasteiger partial charge is 0.315 e. The normalized spacial score (nSPS) is 22.2. The summed E-state index contributed by atoms with van der Waals surface area (Å²) in [5, 5.41) is 23.8. The fourth-order valence-electron chi connectivity index (χ4n) is 3.41. The van der Waals surface area contributed by atoms with Crippen LogP contribution in [-0.4, -0.2) is 57.0 Å². The predicted octanol–water partition coefficient (Wildman–Crippen LogP) is 1.95. The Bertz CT molecular complexity index is 749. The van der Waals surface area contributed by atoms with Gasteiger partial charge in [-0.2, -0.15) is 0 Å². The summed E-state index contributed by atoms with van der Waals surface area (Å²) >= 11 is 0. The Labute approximate surface area is 165 Å². The number of aryl methyl sites for hydroxylation is 1. The molecule has 0 bridgehead atoms. The number of aliphatic hydroxyl groups is 1. The van der Waals surface area contributed by atoms with Gasteiger partial charge in [0.15, 0.2) is 0 Å². The molecular weight excluding hydrogens is 358 g/mol. The van der Waals surface area contributed by atoms with Crippen LogP contribution < -0.4 is 10.6 Å². The summed E-state index contributed by atoms with van der Waals surface area (Å²) in [5.41, 5.74) is 1.88. The zero-order valence-corrected chi connectivity index (χ0v) is 16.4. The van der Waals surface area contributed by atoms with Gasteiger partial charge in [-0.05, 0) is 33.1 Å². The number of carbonyl (C=O) groups is 1. The number of nitrogens with zero attached hydrogens (tertiary/aromatic N) is 3. The van der Waals surface area contributed by atoms with Crippen LogP contribution in [0, 0.1) is 0 Å². The van der Waals surface area contributed by atoms with Gasteiger partial charge in [0.05, 0.1) is 24.9 Å². The van der Waals surface area contributed by atoms with Gasteiger partial charge in [0.25, 0.3) is 0 Å². The maximum Gasteiger partial charge on any atom is 0.315 e. The van der Waals surface area contributed by atoms with Gasteiger partial charge >= 0.3 is 6.03 Å². The maximum atomic E-state index is 11.9. The Morgan fingerprint density at radius 2 is 2.11 bits per heavy atom. The van der Waals surface area contributed by atoms with Crippen molar-refractivity contribution in [2.45, 2.75) is 63.9 Å². The quantitative estimate of drug-likeness (QED) is 0.674. The van der Waals surface area contributed by atoms with E-state index in [4.69, 9.17) is 4.74 Å². The molecule has 1 aromatic carbocycles. The van der Waals surface area contributed by atoms with Crippen LogP contribution in [0.1, 0.15) is 33.1 Å². The summed E-state index contributed by atoms with van der Waals surface area (Å²) in [7, 11) is 0. The number of ether oxygens (including phenoxy) is 1. The predicted molar refractivity (Wildman–Crippen MR) is 106 cm³/mol. The minimum absolute atomic E-state index is 0.0211. The minimum atomic E-state index is -0.396. The molecule has 3 rings (SSSR count). The fourth-order valence-corrected chi connectivity index (χ4v) is 3.41. The number of hydrogen-bond donors (Lipinski definition) is 3. The van der Waals surface area contributed by atoms with Crippen LogP contribution in [0.2, 0.25) is 0 Å². The van der Waals surface area contributed by atoms with Crippen LogP contribution in [-0.2, 0) is 11.3 Å². The van der Waals surface area contributed by atoms with Gasteiger partial charge < -0.3 is 20.5 Å². The summed E-state index contributed by atoms with van der Waals surface area (Å²) in [4.78, 5) is 11.9. The number of nitrogens with one attached hydrogen (secondary N) is 2. The second-order valence-electron chi connectivity index (χ2n) is 7.46. The molecule has 0 saturated carbocycles. The third-order valence-corrected chi connectivity index (χ3v) is 4.82. The van der Waals surface area contributed by atoms with E-state index in [-0.39, 0.29) is 30.8 Å². The highest BCUT2D eigenvalue weighted by Crippen LogP contribution is 2.23. The minimum Gasteiger partial charge on any atom is -0.394 e. The van der Waals surface area contributed by atoms with Crippen molar-refractivity contribution < 1.29 is 14.6 Å². The maximum absolute atomic E-state index is 11.9. The fraction of sp³-hybridized carbons (Fsp3) is 0.550. The molecule has 0 unspecified atom stereocenters. The summed E-state index contributed by atoms with van der Waals surface area (Å²) in [5.74, 6) is 0. The lowest BCUT2D eigenvalue weighted by Crippen LogP contribution is -2.54. The molecule has 2 aromatic rings. The van der Waals surface area contributed by atoms with E-state index in [1.165, 1.54) is 0 Å². The van der Waals surface area contributed by atoms with E-state index in [9.17, 15) is 9.90 Å². The summed E-state index contributed by atoms with van der Waals surface area (Å²) < 4.78 is 7.83. The first-order chi connectivity index (χ1) is 13.5. The summed E-state index contributed by atoms with van der Waals surface area (Å²) in [6.45, 7) is 4.38. The van der Waals surface area contributed by atoms with E-state index in [0.717, 1.165) is 30.5 Å². The lowest BCUT2D eigenvalue weighted by Gasteiger charge is -2.36. The molecule has 3 atom stereocenters. The number of hydrogen-bond acceptors (Lipinski definition) is 5. The molecule has 2 heterocycles. The molecule has 2 amide bonds. The molecule has 0 radical (unpaired) electrons. The van der Waals surface area contributed by atoms with Gasteiger partial charge in [0.1, 0.15) is 11.8 Å². The zero-order chi connectivity index (χ0) is 19.9. The van der Waals surface area contributed by atoms with E-state index in [0.29, 0.717) is 6.54 Å². The lowest BCUT2D eigenvalue weighted by molar-refractivity contribution is -0.0908. The average molecular weight is 387 g/mol. The van der Waals surface area contributed by atoms with Crippen molar-refractivity contribution in [1.29, 1.82) is 0 Å². The third kappa shape index (κ3) is 5.53. The van der Waals surface area contributed by atoms with Crippen molar-refractivity contribution in [2.24, 2.45) is 0 Å². The average Bonchev–Trinajstić information content (AvgIpc) is 3.16. The molecule has 28 heavy (non-hydrogen) atoms. The highest BCUT2D eigenvalue weighted by Gasteiger charge is 2.31. The molecule has 1 saturated heterocycles. The van der Waals surface area contributed by atoms with Crippen molar-refractivity contribution in [3.63, 3.8) is 0 Å². The molecule has 0 aliphatic carbocycles. The van der Waals surface area contributed by atoms with Crippen molar-refractivity contribution in [3.05, 3.63) is 36.5 Å². The van der Waals surface area contributed by atoms with Crippen LogP contribution in [0.15, 0.2) is 36.5 Å². The zero-order valence-electron chi connectivity index (χ0n) is 16.4. The lowest BCUT2D eigenvalue weighted by atomic mass is 9.97. The summed E-state index contributed by atoms with van der Waals surface area (Å²) in [6, 6.07) is 9.59. The van der Waals surface area contributed by atoms with Gasteiger partial charge in [0, 0.05) is 18.2 Å². The van der Waals surface area contributed by atoms with Crippen LogP contribution in [0.25, 0.3) is 11.3 Å². The topological polar surface area (TPSA) is 101 Å². The second kappa shape index (κ2) is 9.66. The number of aliphatic hydroxyl groups excluding tert-OH is 1. The van der Waals surface area contributed by atoms with Crippen LogP contribution in [0.5, 0.6) is 0 Å². The van der Waals surface area contributed by atoms with Gasteiger partial charge in [0.2, 0.25) is 0 Å². The summed E-state index contributed by atoms with van der Waals surface area (Å²) in [6.07, 6.45) is 3.93. The third-order valence-electron chi connectivity index (χ3n) is 4.82. The molecule has 8 heteroatoms. The highest BCUT2D eigenvalue weighted by molar-refractivity contribution is 5.74. The first-order valence-electron chi connectivity index (χ1n) is 9.84. The van der Waals surface area contributed by atoms with E-state index in [1.54, 1.807) is 0 Å².